The lowest BCUT2D eigenvalue weighted by Crippen LogP contribution is -2.63. The molecule has 0 bridgehead atoms. The number of benzene rings is 2. The fourth-order valence-electron chi connectivity index (χ4n) is 4.94. The summed E-state index contributed by atoms with van der Waals surface area (Å²) in [7, 11) is 0. The van der Waals surface area contributed by atoms with Gasteiger partial charge in [-0.25, -0.2) is 14.0 Å². The van der Waals surface area contributed by atoms with E-state index in [1.165, 1.54) is 11.0 Å². The highest BCUT2D eigenvalue weighted by Gasteiger charge is 2.54. The topological polar surface area (TPSA) is 96.7 Å². The van der Waals surface area contributed by atoms with Gasteiger partial charge in [0.1, 0.15) is 12.4 Å². The molecule has 9 heteroatoms. The molecule has 0 atom stereocenters. The van der Waals surface area contributed by atoms with Crippen LogP contribution in [-0.2, 0) is 11.3 Å². The van der Waals surface area contributed by atoms with Crippen molar-refractivity contribution in [2.24, 2.45) is 5.41 Å². The van der Waals surface area contributed by atoms with Crippen LogP contribution < -0.4 is 5.32 Å². The molecule has 2 N–H and O–H groups in total. The number of carbonyl (C=O) groups is 2. The molecular formula is C25H25FN4O4. The number of nitrogens with zero attached hydrogens (tertiary/aromatic N) is 3. The summed E-state index contributed by atoms with van der Waals surface area (Å²) < 4.78 is 22.0. The van der Waals surface area contributed by atoms with Crippen molar-refractivity contribution in [3.05, 3.63) is 71.7 Å². The fourth-order valence-corrected chi connectivity index (χ4v) is 4.94. The molecule has 2 aromatic carbocycles. The molecule has 0 radical (unpaired) electrons. The van der Waals surface area contributed by atoms with Crippen LogP contribution in [-0.4, -0.2) is 45.1 Å². The maximum absolute atomic E-state index is 14.9. The normalized spacial score (nSPS) is 16.6. The number of hydrogen-bond acceptors (Lipinski definition) is 4. The molecule has 2 aliphatic rings. The molecule has 2 fully saturated rings. The van der Waals surface area contributed by atoms with Crippen LogP contribution in [0, 0.1) is 18.2 Å². The number of carbonyl (C=O) groups excluding carboxylic acids is 1. The quantitative estimate of drug-likeness (QED) is 0.550. The van der Waals surface area contributed by atoms with Gasteiger partial charge in [-0.05, 0) is 49.6 Å². The predicted molar refractivity (Wildman–Crippen MR) is 123 cm³/mol. The zero-order valence-electron chi connectivity index (χ0n) is 18.7. The average molecular weight is 464 g/mol. The largest absolute Gasteiger partial charge is 0.465 e. The molecule has 176 valence electrons. The first-order valence-corrected chi connectivity index (χ1v) is 11.1. The number of nitrogens with one attached hydrogen (secondary N) is 1. The van der Waals surface area contributed by atoms with E-state index in [0.717, 1.165) is 24.1 Å². The van der Waals surface area contributed by atoms with E-state index in [2.05, 4.69) is 10.4 Å². The van der Waals surface area contributed by atoms with Gasteiger partial charge >= 0.3 is 12.2 Å². The first-order valence-electron chi connectivity index (χ1n) is 11.1. The first kappa shape index (κ1) is 21.9. The molecule has 5 rings (SSSR count). The Bertz CT molecular complexity index is 1230. The van der Waals surface area contributed by atoms with E-state index in [1.807, 2.05) is 48.0 Å². The van der Waals surface area contributed by atoms with Crippen molar-refractivity contribution < 1.29 is 23.8 Å². The van der Waals surface area contributed by atoms with Gasteiger partial charge in [-0.2, -0.15) is 5.10 Å². The Morgan fingerprint density at radius 2 is 1.91 bits per heavy atom. The van der Waals surface area contributed by atoms with Crippen LogP contribution >= 0.6 is 0 Å². The summed E-state index contributed by atoms with van der Waals surface area (Å²) in [4.78, 5) is 24.5. The first-order chi connectivity index (χ1) is 16.3. The second-order valence-corrected chi connectivity index (χ2v) is 9.20. The molecule has 1 saturated carbocycles. The van der Waals surface area contributed by atoms with Crippen LogP contribution in [0.5, 0.6) is 0 Å². The third kappa shape index (κ3) is 4.21. The number of aromatic nitrogens is 2. The number of ether oxygens (including phenoxy) is 1. The Morgan fingerprint density at radius 1 is 1.18 bits per heavy atom. The molecule has 1 aliphatic heterocycles. The maximum atomic E-state index is 14.9. The van der Waals surface area contributed by atoms with Gasteiger partial charge in [0, 0.05) is 35.4 Å². The van der Waals surface area contributed by atoms with Crippen molar-refractivity contribution in [1.82, 2.24) is 14.7 Å². The van der Waals surface area contributed by atoms with E-state index in [4.69, 9.17) is 9.84 Å². The van der Waals surface area contributed by atoms with E-state index in [1.54, 1.807) is 12.1 Å². The molecule has 1 saturated heterocycles. The Hall–Kier alpha value is -3.88. The number of aryl methyl sites for hydroxylation is 1. The van der Waals surface area contributed by atoms with Gasteiger partial charge in [-0.3, -0.25) is 10.00 Å². The molecule has 2 amide bonds. The van der Waals surface area contributed by atoms with E-state index in [0.29, 0.717) is 30.0 Å². The Balaban J connectivity index is 1.20. The Labute approximate surface area is 195 Å². The van der Waals surface area contributed by atoms with Crippen LogP contribution in [0.3, 0.4) is 0 Å². The number of amides is 2. The highest BCUT2D eigenvalue weighted by Crippen LogP contribution is 2.54. The van der Waals surface area contributed by atoms with Crippen molar-refractivity contribution in [3.63, 3.8) is 0 Å². The van der Waals surface area contributed by atoms with E-state index in [-0.39, 0.29) is 18.1 Å². The molecular weight excluding hydrogens is 439 g/mol. The molecule has 2 heterocycles. The van der Waals surface area contributed by atoms with Gasteiger partial charge in [0.05, 0.1) is 11.7 Å². The van der Waals surface area contributed by atoms with Crippen molar-refractivity contribution in [3.8, 4) is 11.3 Å². The minimum atomic E-state index is -0.871. The predicted octanol–water partition coefficient (Wildman–Crippen LogP) is 5.06. The summed E-state index contributed by atoms with van der Waals surface area (Å²) in [5.74, 6) is -0.494. The number of hydrogen-bond donors (Lipinski definition) is 2. The number of halogens is 1. The number of carboxylic acid groups (broad SMARTS) is 1. The van der Waals surface area contributed by atoms with Crippen molar-refractivity contribution in [1.29, 1.82) is 0 Å². The molecule has 1 spiro atoms. The lowest BCUT2D eigenvalue weighted by atomic mass is 9.61. The third-order valence-corrected chi connectivity index (χ3v) is 6.63. The van der Waals surface area contributed by atoms with Gasteiger partial charge in [0.15, 0.2) is 0 Å². The number of anilines is 1. The Kier molecular flexibility index (Phi) is 5.47. The molecule has 34 heavy (non-hydrogen) atoms. The number of likely N-dealkylation sites (tertiary alicyclic amines) is 1. The SMILES string of the molecule is Cc1cc(-c2ccc(NC(=O)OCc3ccccc3)cc2F)nn1C1CC2(C1)CN(C(=O)O)C2. The van der Waals surface area contributed by atoms with Crippen LogP contribution in [0.1, 0.15) is 30.1 Å². The summed E-state index contributed by atoms with van der Waals surface area (Å²) in [5, 5.41) is 16.2. The average Bonchev–Trinajstić information content (AvgIpc) is 3.12. The molecule has 3 aromatic rings. The fraction of sp³-hybridized carbons (Fsp3) is 0.320. The zero-order chi connectivity index (χ0) is 23.9. The van der Waals surface area contributed by atoms with Gasteiger partial charge < -0.3 is 14.7 Å². The minimum absolute atomic E-state index is 0.0648. The summed E-state index contributed by atoms with van der Waals surface area (Å²) in [6.07, 6.45) is 0.210. The lowest BCUT2D eigenvalue weighted by molar-refractivity contribution is -0.0775. The molecule has 0 unspecified atom stereocenters. The minimum Gasteiger partial charge on any atom is -0.465 e. The van der Waals surface area contributed by atoms with Crippen molar-refractivity contribution in [2.45, 2.75) is 32.4 Å². The van der Waals surface area contributed by atoms with Gasteiger partial charge in [0.25, 0.3) is 0 Å². The number of rotatable bonds is 5. The van der Waals surface area contributed by atoms with E-state index < -0.39 is 18.0 Å². The highest BCUT2D eigenvalue weighted by molar-refractivity contribution is 5.85. The summed E-state index contributed by atoms with van der Waals surface area (Å²) in [6, 6.07) is 15.8. The molecule has 1 aliphatic carbocycles. The zero-order valence-corrected chi connectivity index (χ0v) is 18.7. The molecule has 1 aromatic heterocycles. The van der Waals surface area contributed by atoms with Crippen LogP contribution in [0.15, 0.2) is 54.6 Å². The van der Waals surface area contributed by atoms with E-state index in [9.17, 15) is 14.0 Å². The molecule has 8 nitrogen and oxygen atoms in total. The third-order valence-electron chi connectivity index (χ3n) is 6.63. The summed E-state index contributed by atoms with van der Waals surface area (Å²) in [5.41, 5.74) is 3.02. The summed E-state index contributed by atoms with van der Waals surface area (Å²) >= 11 is 0. The lowest BCUT2D eigenvalue weighted by Gasteiger charge is -2.58. The highest BCUT2D eigenvalue weighted by atomic mass is 19.1. The van der Waals surface area contributed by atoms with Crippen LogP contribution in [0.25, 0.3) is 11.3 Å². The van der Waals surface area contributed by atoms with Crippen molar-refractivity contribution in [2.75, 3.05) is 18.4 Å². The second-order valence-electron chi connectivity index (χ2n) is 9.20. The van der Waals surface area contributed by atoms with Crippen molar-refractivity contribution >= 4 is 17.9 Å². The second kappa shape index (κ2) is 8.48. The Morgan fingerprint density at radius 3 is 2.59 bits per heavy atom. The van der Waals surface area contributed by atoms with Gasteiger partial charge in [-0.15, -0.1) is 0 Å². The van der Waals surface area contributed by atoms with Gasteiger partial charge in [0.2, 0.25) is 0 Å². The monoisotopic (exact) mass is 464 g/mol. The smallest absolute Gasteiger partial charge is 0.411 e. The van der Waals surface area contributed by atoms with Crippen LogP contribution in [0.2, 0.25) is 0 Å². The van der Waals surface area contributed by atoms with Gasteiger partial charge in [-0.1, -0.05) is 30.3 Å². The maximum Gasteiger partial charge on any atom is 0.411 e. The summed E-state index contributed by atoms with van der Waals surface area (Å²) in [6.45, 7) is 3.20. The standard InChI is InChI=1S/C25H25FN4O4/c1-16-9-22(28-30(16)19-11-25(12-19)14-29(15-25)24(32)33)20-8-7-18(10-21(20)26)27-23(31)34-13-17-5-3-2-4-6-17/h2-10,19H,11-15H2,1H3,(H,27,31)(H,32,33). The van der Waals surface area contributed by atoms with E-state index >= 15 is 0 Å². The van der Waals surface area contributed by atoms with Crippen LogP contribution in [0.4, 0.5) is 19.7 Å².